The summed E-state index contributed by atoms with van der Waals surface area (Å²) in [5.41, 5.74) is 1.31. The van der Waals surface area contributed by atoms with Gasteiger partial charge in [-0.2, -0.15) is 0 Å². The second-order valence-electron chi connectivity index (χ2n) is 6.66. The predicted octanol–water partition coefficient (Wildman–Crippen LogP) is 2.78. The fourth-order valence-electron chi connectivity index (χ4n) is 3.78. The van der Waals surface area contributed by atoms with E-state index in [4.69, 9.17) is 0 Å². The molecule has 4 nitrogen and oxygen atoms in total. The van der Waals surface area contributed by atoms with Crippen LogP contribution in [0.2, 0.25) is 0 Å². The number of nitrogens with zero attached hydrogens (tertiary/aromatic N) is 1. The van der Waals surface area contributed by atoms with Gasteiger partial charge >= 0.3 is 0 Å². The highest BCUT2D eigenvalue weighted by Gasteiger charge is 2.35. The van der Waals surface area contributed by atoms with E-state index in [0.29, 0.717) is 22.9 Å². The number of hydrogen-bond acceptors (Lipinski definition) is 2. The van der Waals surface area contributed by atoms with Gasteiger partial charge in [0.25, 0.3) is 5.91 Å². The molecule has 0 spiro atoms. The summed E-state index contributed by atoms with van der Waals surface area (Å²) < 4.78 is 26.7. The number of amides is 1. The molecule has 2 N–H and O–H groups in total. The number of hydrogen-bond donors (Lipinski definition) is 2. The second kappa shape index (κ2) is 6.02. The minimum atomic E-state index is -0.641. The molecule has 0 aliphatic carbocycles. The monoisotopic (exact) mass is 331 g/mol. The fourth-order valence-corrected chi connectivity index (χ4v) is 3.78. The summed E-state index contributed by atoms with van der Waals surface area (Å²) in [6, 6.07) is 6.80. The first kappa shape index (κ1) is 15.3. The van der Waals surface area contributed by atoms with Gasteiger partial charge in [0.2, 0.25) is 0 Å². The molecule has 24 heavy (non-hydrogen) atoms. The lowest BCUT2D eigenvalue weighted by Crippen LogP contribution is -2.57. The van der Waals surface area contributed by atoms with E-state index in [0.717, 1.165) is 38.5 Å². The van der Waals surface area contributed by atoms with Crippen molar-refractivity contribution in [1.82, 2.24) is 15.2 Å². The number of aromatic nitrogens is 1. The van der Waals surface area contributed by atoms with Crippen LogP contribution in [-0.2, 0) is 0 Å². The molecular weight excluding hydrogens is 312 g/mol. The quantitative estimate of drug-likeness (QED) is 0.909. The van der Waals surface area contributed by atoms with Crippen LogP contribution in [0, 0.1) is 17.6 Å². The molecule has 2 aromatic rings. The molecule has 1 aromatic carbocycles. The van der Waals surface area contributed by atoms with E-state index < -0.39 is 11.6 Å². The lowest BCUT2D eigenvalue weighted by Gasteiger charge is -2.44. The lowest BCUT2D eigenvalue weighted by atomic mass is 9.84. The molecule has 2 bridgehead atoms. The molecule has 6 heteroatoms. The van der Waals surface area contributed by atoms with Gasteiger partial charge in [0.1, 0.15) is 17.3 Å². The number of carbonyl (C=O) groups excluding carboxylic acids is 1. The van der Waals surface area contributed by atoms with E-state index in [-0.39, 0.29) is 11.9 Å². The van der Waals surface area contributed by atoms with E-state index in [1.54, 1.807) is 12.1 Å². The third kappa shape index (κ3) is 2.94. The van der Waals surface area contributed by atoms with Gasteiger partial charge in [-0.3, -0.25) is 4.79 Å². The van der Waals surface area contributed by atoms with Crippen LogP contribution in [0.5, 0.6) is 0 Å². The Morgan fingerprint density at radius 2 is 1.83 bits per heavy atom. The molecule has 0 saturated carbocycles. The SMILES string of the molecule is O=C(N[C@H]1CN2CCC1CC2)c1ccc(-c2cc(F)cc(F)c2)[nH]1. The first-order valence-electron chi connectivity index (χ1n) is 8.27. The number of nitrogens with one attached hydrogen (secondary N) is 2. The van der Waals surface area contributed by atoms with Crippen LogP contribution in [0.4, 0.5) is 8.78 Å². The van der Waals surface area contributed by atoms with Crippen LogP contribution in [-0.4, -0.2) is 41.5 Å². The molecule has 3 aliphatic rings. The maximum absolute atomic E-state index is 13.3. The Morgan fingerprint density at radius 3 is 2.46 bits per heavy atom. The Morgan fingerprint density at radius 1 is 1.12 bits per heavy atom. The molecule has 5 rings (SSSR count). The minimum absolute atomic E-state index is 0.170. The van der Waals surface area contributed by atoms with E-state index >= 15 is 0 Å². The number of rotatable bonds is 3. The van der Waals surface area contributed by atoms with Gasteiger partial charge in [-0.15, -0.1) is 0 Å². The highest BCUT2D eigenvalue weighted by Crippen LogP contribution is 2.28. The van der Waals surface area contributed by atoms with Crippen molar-refractivity contribution >= 4 is 5.91 Å². The normalized spacial score (nSPS) is 25.7. The van der Waals surface area contributed by atoms with Crippen molar-refractivity contribution in [3.05, 3.63) is 47.7 Å². The molecule has 0 radical (unpaired) electrons. The zero-order valence-electron chi connectivity index (χ0n) is 13.2. The topological polar surface area (TPSA) is 48.1 Å². The van der Waals surface area contributed by atoms with Gasteiger partial charge in [-0.05, 0) is 56.1 Å². The summed E-state index contributed by atoms with van der Waals surface area (Å²) in [6.07, 6.45) is 2.26. The van der Waals surface area contributed by atoms with Crippen molar-refractivity contribution in [1.29, 1.82) is 0 Å². The fraction of sp³-hybridized carbons (Fsp3) is 0.389. The Bertz CT molecular complexity index is 745. The Hall–Kier alpha value is -2.21. The molecule has 1 atom stereocenters. The van der Waals surface area contributed by atoms with Gasteiger partial charge in [-0.25, -0.2) is 8.78 Å². The first-order valence-corrected chi connectivity index (χ1v) is 8.27. The average Bonchev–Trinajstić information content (AvgIpc) is 3.05. The molecule has 1 aromatic heterocycles. The molecule has 0 unspecified atom stereocenters. The van der Waals surface area contributed by atoms with Gasteiger partial charge in [-0.1, -0.05) is 0 Å². The zero-order valence-corrected chi connectivity index (χ0v) is 13.2. The van der Waals surface area contributed by atoms with Crippen LogP contribution in [0.3, 0.4) is 0 Å². The number of aromatic amines is 1. The Labute approximate surface area is 138 Å². The van der Waals surface area contributed by atoms with Crippen molar-refractivity contribution in [3.63, 3.8) is 0 Å². The first-order chi connectivity index (χ1) is 11.6. The Balaban J connectivity index is 1.49. The smallest absolute Gasteiger partial charge is 0.267 e. The maximum Gasteiger partial charge on any atom is 0.267 e. The van der Waals surface area contributed by atoms with E-state index in [2.05, 4.69) is 15.2 Å². The molecule has 4 heterocycles. The molecule has 1 amide bonds. The van der Waals surface area contributed by atoms with Crippen LogP contribution in [0.15, 0.2) is 30.3 Å². The largest absolute Gasteiger partial charge is 0.351 e. The van der Waals surface area contributed by atoms with Crippen molar-refractivity contribution in [3.8, 4) is 11.3 Å². The summed E-state index contributed by atoms with van der Waals surface area (Å²) in [7, 11) is 0. The highest BCUT2D eigenvalue weighted by atomic mass is 19.1. The lowest BCUT2D eigenvalue weighted by molar-refractivity contribution is 0.0618. The molecule has 126 valence electrons. The van der Waals surface area contributed by atoms with Crippen LogP contribution in [0.25, 0.3) is 11.3 Å². The van der Waals surface area contributed by atoms with Gasteiger partial charge in [0.15, 0.2) is 0 Å². The summed E-state index contributed by atoms with van der Waals surface area (Å²) in [5, 5.41) is 3.09. The molecule has 3 aliphatic heterocycles. The van der Waals surface area contributed by atoms with Crippen LogP contribution < -0.4 is 5.32 Å². The summed E-state index contributed by atoms with van der Waals surface area (Å²) in [6.45, 7) is 3.14. The summed E-state index contributed by atoms with van der Waals surface area (Å²) in [4.78, 5) is 17.8. The van der Waals surface area contributed by atoms with E-state index in [9.17, 15) is 13.6 Å². The third-order valence-electron chi connectivity index (χ3n) is 5.08. The van der Waals surface area contributed by atoms with Crippen LogP contribution in [0.1, 0.15) is 23.3 Å². The molecule has 3 fully saturated rings. The zero-order chi connectivity index (χ0) is 16.7. The molecule has 3 saturated heterocycles. The predicted molar refractivity (Wildman–Crippen MR) is 86.6 cm³/mol. The number of halogens is 2. The number of benzene rings is 1. The van der Waals surface area contributed by atoms with Crippen molar-refractivity contribution in [2.45, 2.75) is 18.9 Å². The van der Waals surface area contributed by atoms with E-state index in [1.807, 2.05) is 0 Å². The minimum Gasteiger partial charge on any atom is -0.351 e. The Kier molecular flexibility index (Phi) is 3.84. The van der Waals surface area contributed by atoms with Crippen LogP contribution >= 0.6 is 0 Å². The van der Waals surface area contributed by atoms with Crippen molar-refractivity contribution in [2.75, 3.05) is 19.6 Å². The second-order valence-corrected chi connectivity index (χ2v) is 6.66. The summed E-state index contributed by atoms with van der Waals surface area (Å²) in [5.74, 6) is -0.904. The van der Waals surface area contributed by atoms with Crippen molar-refractivity contribution < 1.29 is 13.6 Å². The standard InChI is InChI=1S/C18H19F2N3O/c19-13-7-12(8-14(20)9-13)15-1-2-16(21-15)18(24)22-17-10-23-5-3-11(17)4-6-23/h1-2,7-9,11,17,21H,3-6,10H2,(H,22,24)/t17-/m0/s1. The van der Waals surface area contributed by atoms with E-state index in [1.165, 1.54) is 12.1 Å². The van der Waals surface area contributed by atoms with Gasteiger partial charge in [0, 0.05) is 29.9 Å². The average molecular weight is 331 g/mol. The maximum atomic E-state index is 13.3. The highest BCUT2D eigenvalue weighted by molar-refractivity contribution is 5.93. The molecular formula is C18H19F2N3O. The van der Waals surface area contributed by atoms with Gasteiger partial charge in [0.05, 0.1) is 0 Å². The van der Waals surface area contributed by atoms with Gasteiger partial charge < -0.3 is 15.2 Å². The third-order valence-corrected chi connectivity index (χ3v) is 5.08. The summed E-state index contributed by atoms with van der Waals surface area (Å²) >= 11 is 0. The number of fused-ring (bicyclic) bond motifs is 3. The number of piperidine rings is 3. The van der Waals surface area contributed by atoms with Crippen molar-refractivity contribution in [2.24, 2.45) is 5.92 Å². The number of H-pyrrole nitrogens is 1. The number of carbonyl (C=O) groups is 1.